The van der Waals surface area contributed by atoms with Crippen LogP contribution in [0.2, 0.25) is 0 Å². The summed E-state index contributed by atoms with van der Waals surface area (Å²) in [6.45, 7) is 2.63. The van der Waals surface area contributed by atoms with E-state index in [2.05, 4.69) is 5.32 Å². The average molecular weight is 278 g/mol. The third kappa shape index (κ3) is 4.10. The number of nitrogens with one attached hydrogen (secondary N) is 1. The lowest BCUT2D eigenvalue weighted by molar-refractivity contribution is -0.124. The molecule has 1 aliphatic rings. The van der Waals surface area contributed by atoms with Crippen molar-refractivity contribution in [3.05, 3.63) is 24.2 Å². The standard InChI is InChI=1S/C16H26N2O2/c1-13(10-14-6-5-9-20-14)18-15(19)11-16(12-17)7-3-2-4-8-16/h5-6,9,13H,2-4,7-8,10-12,17H2,1H3,(H,18,19). The summed E-state index contributed by atoms with van der Waals surface area (Å²) in [4.78, 5) is 12.2. The van der Waals surface area contributed by atoms with Crippen LogP contribution in [0.25, 0.3) is 0 Å². The molecule has 0 aliphatic heterocycles. The van der Waals surface area contributed by atoms with E-state index in [1.54, 1.807) is 6.26 Å². The Morgan fingerprint density at radius 3 is 2.80 bits per heavy atom. The summed E-state index contributed by atoms with van der Waals surface area (Å²) in [5.41, 5.74) is 5.97. The van der Waals surface area contributed by atoms with Crippen molar-refractivity contribution in [1.29, 1.82) is 0 Å². The smallest absolute Gasteiger partial charge is 0.220 e. The second-order valence-electron chi connectivity index (χ2n) is 6.19. The van der Waals surface area contributed by atoms with E-state index in [9.17, 15) is 4.79 Å². The van der Waals surface area contributed by atoms with Gasteiger partial charge in [-0.1, -0.05) is 19.3 Å². The number of rotatable bonds is 6. The maximum atomic E-state index is 12.2. The van der Waals surface area contributed by atoms with Gasteiger partial charge in [0.05, 0.1) is 6.26 Å². The van der Waals surface area contributed by atoms with Gasteiger partial charge in [0.15, 0.2) is 0 Å². The molecule has 20 heavy (non-hydrogen) atoms. The van der Waals surface area contributed by atoms with Gasteiger partial charge in [-0.15, -0.1) is 0 Å². The monoisotopic (exact) mass is 278 g/mol. The second-order valence-corrected chi connectivity index (χ2v) is 6.19. The highest BCUT2D eigenvalue weighted by Gasteiger charge is 2.33. The van der Waals surface area contributed by atoms with Gasteiger partial charge in [0, 0.05) is 18.9 Å². The summed E-state index contributed by atoms with van der Waals surface area (Å²) in [6.07, 6.45) is 8.81. The highest BCUT2D eigenvalue weighted by Crippen LogP contribution is 2.38. The normalized spacial score (nSPS) is 19.5. The molecule has 112 valence electrons. The van der Waals surface area contributed by atoms with E-state index in [1.165, 1.54) is 19.3 Å². The average Bonchev–Trinajstić information content (AvgIpc) is 2.92. The largest absolute Gasteiger partial charge is 0.469 e. The highest BCUT2D eigenvalue weighted by atomic mass is 16.3. The Balaban J connectivity index is 1.81. The first-order valence-electron chi connectivity index (χ1n) is 7.65. The summed E-state index contributed by atoms with van der Waals surface area (Å²) in [5.74, 6) is 1.03. The number of amides is 1. The molecule has 0 spiro atoms. The molecule has 1 aromatic rings. The Morgan fingerprint density at radius 1 is 1.45 bits per heavy atom. The number of nitrogens with two attached hydrogens (primary N) is 1. The van der Waals surface area contributed by atoms with Gasteiger partial charge in [0.2, 0.25) is 5.91 Å². The van der Waals surface area contributed by atoms with Crippen LogP contribution in [0.3, 0.4) is 0 Å². The van der Waals surface area contributed by atoms with Gasteiger partial charge in [-0.05, 0) is 43.9 Å². The maximum absolute atomic E-state index is 12.2. The second kappa shape index (κ2) is 6.93. The first-order chi connectivity index (χ1) is 9.63. The Kier molecular flexibility index (Phi) is 5.24. The van der Waals surface area contributed by atoms with Gasteiger partial charge in [0.25, 0.3) is 0 Å². The van der Waals surface area contributed by atoms with E-state index in [-0.39, 0.29) is 17.4 Å². The molecule has 1 aromatic heterocycles. The van der Waals surface area contributed by atoms with Crippen molar-refractivity contribution in [2.75, 3.05) is 6.54 Å². The van der Waals surface area contributed by atoms with Crippen LogP contribution in [-0.4, -0.2) is 18.5 Å². The molecule has 0 aromatic carbocycles. The predicted octanol–water partition coefficient (Wildman–Crippen LogP) is 2.63. The number of hydrogen-bond acceptors (Lipinski definition) is 3. The molecule has 1 fully saturated rings. The van der Waals surface area contributed by atoms with E-state index in [1.807, 2.05) is 19.1 Å². The van der Waals surface area contributed by atoms with Gasteiger partial charge >= 0.3 is 0 Å². The van der Waals surface area contributed by atoms with Crippen LogP contribution >= 0.6 is 0 Å². The van der Waals surface area contributed by atoms with E-state index in [4.69, 9.17) is 10.2 Å². The number of furan rings is 1. The number of carbonyl (C=O) groups excluding carboxylic acids is 1. The molecule has 1 saturated carbocycles. The van der Waals surface area contributed by atoms with Crippen molar-refractivity contribution < 1.29 is 9.21 Å². The molecule has 2 rings (SSSR count). The molecule has 4 nitrogen and oxygen atoms in total. The van der Waals surface area contributed by atoms with Crippen molar-refractivity contribution in [1.82, 2.24) is 5.32 Å². The molecule has 1 amide bonds. The van der Waals surface area contributed by atoms with Crippen LogP contribution in [0.1, 0.15) is 51.2 Å². The highest BCUT2D eigenvalue weighted by molar-refractivity contribution is 5.77. The maximum Gasteiger partial charge on any atom is 0.220 e. The van der Waals surface area contributed by atoms with E-state index in [0.717, 1.165) is 25.0 Å². The lowest BCUT2D eigenvalue weighted by Crippen LogP contribution is -2.41. The number of carbonyl (C=O) groups is 1. The number of hydrogen-bond donors (Lipinski definition) is 2. The minimum atomic E-state index is 0.0345. The zero-order chi connectivity index (χ0) is 14.4. The van der Waals surface area contributed by atoms with Crippen LogP contribution < -0.4 is 11.1 Å². The summed E-state index contributed by atoms with van der Waals surface area (Å²) < 4.78 is 5.31. The first kappa shape index (κ1) is 15.1. The van der Waals surface area contributed by atoms with E-state index < -0.39 is 0 Å². The molecule has 0 radical (unpaired) electrons. The molecule has 4 heteroatoms. The molecule has 3 N–H and O–H groups in total. The fourth-order valence-electron chi connectivity index (χ4n) is 3.20. The molecular formula is C16H26N2O2. The minimum Gasteiger partial charge on any atom is -0.469 e. The molecule has 0 bridgehead atoms. The third-order valence-electron chi connectivity index (χ3n) is 4.38. The minimum absolute atomic E-state index is 0.0345. The van der Waals surface area contributed by atoms with Crippen LogP contribution in [0, 0.1) is 5.41 Å². The molecule has 1 heterocycles. The molecule has 1 atom stereocenters. The van der Waals surface area contributed by atoms with Crippen molar-refractivity contribution in [2.24, 2.45) is 11.1 Å². The van der Waals surface area contributed by atoms with Gasteiger partial charge < -0.3 is 15.5 Å². The van der Waals surface area contributed by atoms with Gasteiger partial charge in [-0.2, -0.15) is 0 Å². The Labute approximate surface area is 121 Å². The summed E-state index contributed by atoms with van der Waals surface area (Å²) >= 11 is 0. The molecule has 1 unspecified atom stereocenters. The quantitative estimate of drug-likeness (QED) is 0.840. The third-order valence-corrected chi connectivity index (χ3v) is 4.38. The lowest BCUT2D eigenvalue weighted by atomic mass is 9.71. The van der Waals surface area contributed by atoms with Gasteiger partial charge in [-0.25, -0.2) is 0 Å². The zero-order valence-corrected chi connectivity index (χ0v) is 12.4. The van der Waals surface area contributed by atoms with Crippen molar-refractivity contribution in [3.63, 3.8) is 0 Å². The van der Waals surface area contributed by atoms with E-state index in [0.29, 0.717) is 13.0 Å². The van der Waals surface area contributed by atoms with Crippen molar-refractivity contribution >= 4 is 5.91 Å². The zero-order valence-electron chi connectivity index (χ0n) is 12.4. The van der Waals surface area contributed by atoms with Crippen LogP contribution in [0.15, 0.2) is 22.8 Å². The van der Waals surface area contributed by atoms with E-state index >= 15 is 0 Å². The van der Waals surface area contributed by atoms with Crippen LogP contribution in [0.5, 0.6) is 0 Å². The van der Waals surface area contributed by atoms with Crippen LogP contribution in [0.4, 0.5) is 0 Å². The fourth-order valence-corrected chi connectivity index (χ4v) is 3.20. The van der Waals surface area contributed by atoms with Crippen molar-refractivity contribution in [3.8, 4) is 0 Å². The molecule has 0 saturated heterocycles. The Bertz CT molecular complexity index is 408. The van der Waals surface area contributed by atoms with Crippen LogP contribution in [-0.2, 0) is 11.2 Å². The molecular weight excluding hydrogens is 252 g/mol. The lowest BCUT2D eigenvalue weighted by Gasteiger charge is -2.36. The first-order valence-corrected chi connectivity index (χ1v) is 7.65. The Morgan fingerprint density at radius 2 is 2.20 bits per heavy atom. The van der Waals surface area contributed by atoms with Gasteiger partial charge in [0.1, 0.15) is 5.76 Å². The summed E-state index contributed by atoms with van der Waals surface area (Å²) in [6, 6.07) is 3.90. The van der Waals surface area contributed by atoms with Gasteiger partial charge in [-0.3, -0.25) is 4.79 Å². The predicted molar refractivity (Wildman–Crippen MR) is 79.2 cm³/mol. The van der Waals surface area contributed by atoms with Crippen molar-refractivity contribution in [2.45, 2.75) is 57.9 Å². The summed E-state index contributed by atoms with van der Waals surface area (Å²) in [5, 5.41) is 3.07. The molecule has 1 aliphatic carbocycles. The SMILES string of the molecule is CC(Cc1ccco1)NC(=O)CC1(CN)CCCCC1. The Hall–Kier alpha value is -1.29. The summed E-state index contributed by atoms with van der Waals surface area (Å²) in [7, 11) is 0. The topological polar surface area (TPSA) is 68.3 Å². The fraction of sp³-hybridized carbons (Fsp3) is 0.688.